The van der Waals surface area contributed by atoms with Crippen LogP contribution in [0.25, 0.3) is 0 Å². The van der Waals surface area contributed by atoms with Crippen molar-refractivity contribution in [3.05, 3.63) is 65.2 Å². The lowest BCUT2D eigenvalue weighted by Crippen LogP contribution is -2.50. The maximum atomic E-state index is 12.3. The predicted molar refractivity (Wildman–Crippen MR) is 138 cm³/mol. The lowest BCUT2D eigenvalue weighted by Gasteiger charge is -2.37. The summed E-state index contributed by atoms with van der Waals surface area (Å²) >= 11 is 1.42. The second kappa shape index (κ2) is 11.6. The molecule has 2 aromatic carbocycles. The SMILES string of the molecule is CC(C)(C)OC(=O)N1CCN(c2ccc(C=NN=C(N)SCc3ccccc3)cc2C#N)CC1. The van der Waals surface area contributed by atoms with Crippen LogP contribution in [0.3, 0.4) is 0 Å². The molecule has 1 fully saturated rings. The van der Waals surface area contributed by atoms with Gasteiger partial charge in [-0.15, -0.1) is 5.10 Å². The third-order valence-corrected chi connectivity index (χ3v) is 5.86. The fraction of sp³-hybridized carbons (Fsp3) is 0.360. The Morgan fingerprint density at radius 1 is 1.18 bits per heavy atom. The standard InChI is InChI=1S/C25H30N6O2S/c1-25(2,3)33-24(32)31-13-11-30(12-14-31)22-10-9-20(15-21(22)16-26)17-28-29-23(27)34-18-19-7-5-4-6-8-19/h4-10,15,17H,11-14,18H2,1-3H3,(H2,27,29). The van der Waals surface area contributed by atoms with Crippen LogP contribution in [0.2, 0.25) is 0 Å². The summed E-state index contributed by atoms with van der Waals surface area (Å²) in [6, 6.07) is 17.8. The van der Waals surface area contributed by atoms with E-state index < -0.39 is 5.60 Å². The van der Waals surface area contributed by atoms with Crippen molar-refractivity contribution in [2.75, 3.05) is 31.1 Å². The highest BCUT2D eigenvalue weighted by Gasteiger charge is 2.26. The summed E-state index contributed by atoms with van der Waals surface area (Å²) < 4.78 is 5.45. The quantitative estimate of drug-likeness (QED) is 0.392. The summed E-state index contributed by atoms with van der Waals surface area (Å²) in [6.07, 6.45) is 1.28. The first-order valence-corrected chi connectivity index (χ1v) is 12.0. The van der Waals surface area contributed by atoms with Gasteiger partial charge in [0.15, 0.2) is 5.17 Å². The van der Waals surface area contributed by atoms with Gasteiger partial charge in [0.2, 0.25) is 0 Å². The van der Waals surface area contributed by atoms with Gasteiger partial charge in [0, 0.05) is 31.9 Å². The van der Waals surface area contributed by atoms with Crippen LogP contribution < -0.4 is 10.6 Å². The van der Waals surface area contributed by atoms with Crippen LogP contribution in [-0.2, 0) is 10.5 Å². The minimum atomic E-state index is -0.519. The summed E-state index contributed by atoms with van der Waals surface area (Å²) in [7, 11) is 0. The minimum Gasteiger partial charge on any atom is -0.444 e. The molecule has 1 amide bonds. The van der Waals surface area contributed by atoms with Gasteiger partial charge in [0.1, 0.15) is 11.7 Å². The van der Waals surface area contributed by atoms with Gasteiger partial charge in [-0.1, -0.05) is 48.2 Å². The van der Waals surface area contributed by atoms with E-state index in [9.17, 15) is 10.1 Å². The van der Waals surface area contributed by atoms with Crippen molar-refractivity contribution >= 4 is 34.9 Å². The van der Waals surface area contributed by atoms with Crippen molar-refractivity contribution in [3.63, 3.8) is 0 Å². The number of hydrogen-bond acceptors (Lipinski definition) is 7. The van der Waals surface area contributed by atoms with E-state index in [2.05, 4.69) is 21.2 Å². The number of nitrogens with zero attached hydrogens (tertiary/aromatic N) is 5. The second-order valence-corrected chi connectivity index (χ2v) is 9.80. The molecular formula is C25H30N6O2S. The van der Waals surface area contributed by atoms with Crippen LogP contribution in [0.1, 0.15) is 37.5 Å². The van der Waals surface area contributed by atoms with E-state index in [0.29, 0.717) is 36.9 Å². The molecule has 9 heteroatoms. The topological polar surface area (TPSA) is 107 Å². The average molecular weight is 479 g/mol. The number of amides is 1. The van der Waals surface area contributed by atoms with Crippen molar-refractivity contribution in [2.45, 2.75) is 32.1 Å². The van der Waals surface area contributed by atoms with Crippen molar-refractivity contribution in [1.82, 2.24) is 4.90 Å². The molecule has 0 aliphatic carbocycles. The van der Waals surface area contributed by atoms with Crippen LogP contribution in [0, 0.1) is 11.3 Å². The largest absolute Gasteiger partial charge is 0.444 e. The highest BCUT2D eigenvalue weighted by atomic mass is 32.2. The molecule has 1 heterocycles. The van der Waals surface area contributed by atoms with Gasteiger partial charge < -0.3 is 20.3 Å². The zero-order valence-corrected chi connectivity index (χ0v) is 20.6. The van der Waals surface area contributed by atoms with Crippen molar-refractivity contribution in [3.8, 4) is 6.07 Å². The summed E-state index contributed by atoms with van der Waals surface area (Å²) in [6.45, 7) is 7.90. The molecule has 0 unspecified atom stereocenters. The summed E-state index contributed by atoms with van der Waals surface area (Å²) in [5.41, 5.74) is 8.72. The molecule has 0 spiro atoms. The molecule has 8 nitrogen and oxygen atoms in total. The van der Waals surface area contributed by atoms with Gasteiger partial charge in [-0.25, -0.2) is 4.79 Å². The first kappa shape index (κ1) is 25.1. The number of nitriles is 1. The molecule has 178 valence electrons. The normalized spacial score (nSPS) is 14.8. The minimum absolute atomic E-state index is 0.305. The van der Waals surface area contributed by atoms with Gasteiger partial charge in [-0.05, 0) is 44.0 Å². The maximum absolute atomic E-state index is 12.3. The molecule has 0 radical (unpaired) electrons. The van der Waals surface area contributed by atoms with Crippen LogP contribution in [-0.4, -0.2) is 54.2 Å². The zero-order valence-electron chi connectivity index (χ0n) is 19.8. The van der Waals surface area contributed by atoms with Gasteiger partial charge in [0.25, 0.3) is 0 Å². The van der Waals surface area contributed by atoms with E-state index in [0.717, 1.165) is 22.6 Å². The van der Waals surface area contributed by atoms with Gasteiger partial charge in [0.05, 0.1) is 17.5 Å². The number of rotatable bonds is 5. The Labute approximate surface area is 205 Å². The molecule has 0 atom stereocenters. The number of hydrogen-bond donors (Lipinski definition) is 1. The lowest BCUT2D eigenvalue weighted by molar-refractivity contribution is 0.0240. The molecule has 1 saturated heterocycles. The maximum Gasteiger partial charge on any atom is 0.410 e. The fourth-order valence-corrected chi connectivity index (χ4v) is 3.98. The van der Waals surface area contributed by atoms with E-state index in [-0.39, 0.29) is 6.09 Å². The van der Waals surface area contributed by atoms with Crippen molar-refractivity contribution in [1.29, 1.82) is 5.26 Å². The van der Waals surface area contributed by atoms with Gasteiger partial charge in [-0.2, -0.15) is 10.4 Å². The molecule has 3 rings (SSSR count). The molecule has 0 bridgehead atoms. The summed E-state index contributed by atoms with van der Waals surface area (Å²) in [5.74, 6) is 0.722. The van der Waals surface area contributed by atoms with Crippen molar-refractivity contribution in [2.24, 2.45) is 15.9 Å². The average Bonchev–Trinajstić information content (AvgIpc) is 2.82. The molecule has 2 N–H and O–H groups in total. The van der Waals surface area contributed by atoms with Crippen LogP contribution in [0.5, 0.6) is 0 Å². The first-order chi connectivity index (χ1) is 16.2. The van der Waals surface area contributed by atoms with E-state index in [1.54, 1.807) is 17.2 Å². The Kier molecular flexibility index (Phi) is 8.55. The lowest BCUT2D eigenvalue weighted by atomic mass is 10.1. The number of carbonyl (C=O) groups is 1. The van der Waals surface area contributed by atoms with E-state index in [1.807, 2.05) is 63.2 Å². The highest BCUT2D eigenvalue weighted by Crippen LogP contribution is 2.23. The summed E-state index contributed by atoms with van der Waals surface area (Å²) in [5, 5.41) is 18.2. The molecule has 34 heavy (non-hydrogen) atoms. The van der Waals surface area contributed by atoms with E-state index >= 15 is 0 Å². The molecule has 1 aliphatic heterocycles. The van der Waals surface area contributed by atoms with Gasteiger partial charge >= 0.3 is 6.09 Å². The second-order valence-electron chi connectivity index (χ2n) is 8.80. The number of ether oxygens (including phenoxy) is 1. The highest BCUT2D eigenvalue weighted by molar-refractivity contribution is 8.13. The van der Waals surface area contributed by atoms with Crippen LogP contribution in [0.4, 0.5) is 10.5 Å². The van der Waals surface area contributed by atoms with Crippen LogP contribution >= 0.6 is 11.8 Å². The Balaban J connectivity index is 1.57. The Morgan fingerprint density at radius 2 is 1.88 bits per heavy atom. The molecule has 0 saturated carbocycles. The molecule has 0 aromatic heterocycles. The van der Waals surface area contributed by atoms with Crippen LogP contribution in [0.15, 0.2) is 58.7 Å². The Hall–Kier alpha value is -3.51. The number of piperazine rings is 1. The number of amidine groups is 1. The monoisotopic (exact) mass is 478 g/mol. The number of benzene rings is 2. The van der Waals surface area contributed by atoms with E-state index in [4.69, 9.17) is 10.5 Å². The molecule has 2 aromatic rings. The smallest absolute Gasteiger partial charge is 0.410 e. The molecular weight excluding hydrogens is 448 g/mol. The number of nitrogens with two attached hydrogens (primary N) is 1. The Bertz CT molecular complexity index is 1080. The summed E-state index contributed by atoms with van der Waals surface area (Å²) in [4.78, 5) is 16.1. The molecule has 1 aliphatic rings. The third kappa shape index (κ3) is 7.52. The predicted octanol–water partition coefficient (Wildman–Crippen LogP) is 4.20. The van der Waals surface area contributed by atoms with Crippen molar-refractivity contribution < 1.29 is 9.53 Å². The number of carbonyl (C=O) groups excluding carboxylic acids is 1. The fourth-order valence-electron chi connectivity index (χ4n) is 3.37. The zero-order chi connectivity index (χ0) is 24.6. The Morgan fingerprint density at radius 3 is 2.53 bits per heavy atom. The third-order valence-electron chi connectivity index (χ3n) is 5.01. The number of thioether (sulfide) groups is 1. The number of anilines is 1. The van der Waals surface area contributed by atoms with Gasteiger partial charge in [-0.3, -0.25) is 0 Å². The van der Waals surface area contributed by atoms with E-state index in [1.165, 1.54) is 11.8 Å². The first-order valence-electron chi connectivity index (χ1n) is 11.1.